The molecule has 0 atom stereocenters. The van der Waals surface area contributed by atoms with E-state index < -0.39 is 11.9 Å². The molecular formula is C31H29ClN4O5. The number of anilines is 1. The van der Waals surface area contributed by atoms with Crippen molar-refractivity contribution in [3.8, 4) is 5.75 Å². The Balaban J connectivity index is 0.000000372. The van der Waals surface area contributed by atoms with Gasteiger partial charge in [-0.05, 0) is 42.9 Å². The number of carboxylic acids is 2. The number of benzene rings is 3. The van der Waals surface area contributed by atoms with Gasteiger partial charge in [0.1, 0.15) is 11.5 Å². The van der Waals surface area contributed by atoms with Crippen molar-refractivity contribution in [2.45, 2.75) is 6.54 Å². The lowest BCUT2D eigenvalue weighted by molar-refractivity contribution is -0.134. The molecule has 3 aromatic rings. The summed E-state index contributed by atoms with van der Waals surface area (Å²) in [5.41, 5.74) is 3.17. The lowest BCUT2D eigenvalue weighted by atomic mass is 10.1. The maximum atomic E-state index is 9.55. The first kappa shape index (κ1) is 27.9. The minimum Gasteiger partial charge on any atom is -0.478 e. The van der Waals surface area contributed by atoms with Gasteiger partial charge in [0, 0.05) is 55.1 Å². The van der Waals surface area contributed by atoms with Gasteiger partial charge in [0.15, 0.2) is 11.5 Å². The number of carbonyl (C=O) groups is 2. The van der Waals surface area contributed by atoms with Crippen LogP contribution >= 0.6 is 11.6 Å². The van der Waals surface area contributed by atoms with Crippen molar-refractivity contribution in [3.63, 3.8) is 0 Å². The molecule has 0 aliphatic carbocycles. The lowest BCUT2D eigenvalue weighted by Crippen LogP contribution is -2.47. The van der Waals surface area contributed by atoms with E-state index in [1.165, 1.54) is 5.56 Å². The molecule has 0 radical (unpaired) electrons. The van der Waals surface area contributed by atoms with Gasteiger partial charge in [-0.25, -0.2) is 14.6 Å². The molecule has 0 spiro atoms. The van der Waals surface area contributed by atoms with E-state index in [4.69, 9.17) is 31.5 Å². The van der Waals surface area contributed by atoms with Crippen molar-refractivity contribution in [2.75, 3.05) is 38.1 Å². The normalized spacial score (nSPS) is 16.1. The first-order chi connectivity index (χ1) is 19.8. The molecule has 210 valence electrons. The molecular weight excluding hydrogens is 544 g/mol. The number of halogens is 1. The molecule has 1 saturated heterocycles. The zero-order valence-corrected chi connectivity index (χ0v) is 23.2. The fourth-order valence-corrected chi connectivity index (χ4v) is 5.03. The van der Waals surface area contributed by atoms with Crippen molar-refractivity contribution < 1.29 is 24.5 Å². The molecule has 0 unspecified atom stereocenters. The molecule has 0 bridgehead atoms. The van der Waals surface area contributed by atoms with Gasteiger partial charge < -0.3 is 29.6 Å². The Morgan fingerprint density at radius 3 is 2.27 bits per heavy atom. The number of aliphatic carboxylic acids is 2. The van der Waals surface area contributed by atoms with Crippen LogP contribution in [0.5, 0.6) is 5.75 Å². The van der Waals surface area contributed by atoms with Crippen molar-refractivity contribution in [1.82, 2.24) is 9.80 Å². The van der Waals surface area contributed by atoms with E-state index in [2.05, 4.69) is 64.2 Å². The summed E-state index contributed by atoms with van der Waals surface area (Å²) in [6.07, 6.45) is 1.12. The van der Waals surface area contributed by atoms with Gasteiger partial charge in [0.25, 0.3) is 0 Å². The number of para-hydroxylation sites is 2. The zero-order valence-electron chi connectivity index (χ0n) is 22.4. The second kappa shape index (κ2) is 12.3. The van der Waals surface area contributed by atoms with Crippen LogP contribution < -0.4 is 20.2 Å². The molecule has 41 heavy (non-hydrogen) atoms. The van der Waals surface area contributed by atoms with Crippen LogP contribution in [0.1, 0.15) is 5.56 Å². The second-order valence-corrected chi connectivity index (χ2v) is 10.2. The predicted molar refractivity (Wildman–Crippen MR) is 156 cm³/mol. The molecule has 3 heterocycles. The van der Waals surface area contributed by atoms with Crippen LogP contribution in [0.15, 0.2) is 101 Å². The molecule has 3 aliphatic heterocycles. The van der Waals surface area contributed by atoms with Crippen LogP contribution in [0, 0.1) is 0 Å². The quantitative estimate of drug-likeness (QED) is 0.449. The Morgan fingerprint density at radius 1 is 0.927 bits per heavy atom. The predicted octanol–water partition coefficient (Wildman–Crippen LogP) is 3.31. The lowest BCUT2D eigenvalue weighted by Gasteiger charge is -2.40. The van der Waals surface area contributed by atoms with Crippen molar-refractivity contribution >= 4 is 35.0 Å². The summed E-state index contributed by atoms with van der Waals surface area (Å²) in [5.74, 6) is 0.223. The van der Waals surface area contributed by atoms with Crippen LogP contribution in [0.3, 0.4) is 0 Å². The Morgan fingerprint density at radius 2 is 1.59 bits per heavy atom. The third-order valence-corrected chi connectivity index (χ3v) is 7.08. The average Bonchev–Trinajstić information content (AvgIpc) is 3.24. The van der Waals surface area contributed by atoms with Crippen LogP contribution in [0.2, 0.25) is 5.02 Å². The molecule has 3 aliphatic rings. The average molecular weight is 573 g/mol. The van der Waals surface area contributed by atoms with E-state index in [0.717, 1.165) is 72.0 Å². The van der Waals surface area contributed by atoms with Crippen molar-refractivity contribution in [2.24, 2.45) is 4.99 Å². The van der Waals surface area contributed by atoms with E-state index in [0.29, 0.717) is 17.2 Å². The van der Waals surface area contributed by atoms with Crippen molar-refractivity contribution in [1.29, 1.82) is 0 Å². The van der Waals surface area contributed by atoms with Gasteiger partial charge in [-0.15, -0.1) is 0 Å². The fourth-order valence-electron chi connectivity index (χ4n) is 4.87. The monoisotopic (exact) mass is 572 g/mol. The Labute approximate surface area is 242 Å². The van der Waals surface area contributed by atoms with Gasteiger partial charge in [0.2, 0.25) is 0 Å². The van der Waals surface area contributed by atoms with Crippen molar-refractivity contribution in [3.05, 3.63) is 118 Å². The molecule has 9 nitrogen and oxygen atoms in total. The van der Waals surface area contributed by atoms with Gasteiger partial charge in [0.05, 0.1) is 11.0 Å². The van der Waals surface area contributed by atoms with E-state index >= 15 is 0 Å². The number of carboxylic acid groups (broad SMARTS) is 2. The first-order valence-electron chi connectivity index (χ1n) is 13.1. The largest absolute Gasteiger partial charge is 0.478 e. The molecule has 1 fully saturated rings. The summed E-state index contributed by atoms with van der Waals surface area (Å²) in [7, 11) is 2.18. The zero-order chi connectivity index (χ0) is 28.9. The Hall–Kier alpha value is -4.60. The number of hydrogen-bond donors (Lipinski definition) is 2. The number of ether oxygens (including phenoxy) is 1. The topological polar surface area (TPSA) is 106 Å². The number of fused-ring (bicyclic) bond motifs is 3. The summed E-state index contributed by atoms with van der Waals surface area (Å²) in [6, 6.07) is 24.7. The maximum Gasteiger partial charge on any atom is 0.328 e. The maximum absolute atomic E-state index is 9.55. The minimum atomic E-state index is -1.26. The fraction of sp³-hybridized carbons (Fsp3) is 0.194. The SMILES string of the molecule is CN1CCN(C2=C3N=c4cc(Cl)ccc4=C3Oc3ccccc3N2Cc2ccccc2)CC1.O=C(O)/C=C/C(=O)O. The molecule has 0 aromatic heterocycles. The molecule has 0 amide bonds. The molecule has 0 saturated carbocycles. The van der Waals surface area contributed by atoms with Gasteiger partial charge in [-0.2, -0.15) is 0 Å². The highest BCUT2D eigenvalue weighted by atomic mass is 35.5. The summed E-state index contributed by atoms with van der Waals surface area (Å²) < 4.78 is 6.60. The molecule has 10 heteroatoms. The minimum absolute atomic E-state index is 0.558. The first-order valence-corrected chi connectivity index (χ1v) is 13.5. The number of nitrogens with zero attached hydrogens (tertiary/aromatic N) is 4. The summed E-state index contributed by atoms with van der Waals surface area (Å²) in [4.78, 5) is 31.4. The second-order valence-electron chi connectivity index (χ2n) is 9.72. The Kier molecular flexibility index (Phi) is 8.37. The highest BCUT2D eigenvalue weighted by Gasteiger charge is 2.34. The van der Waals surface area contributed by atoms with Gasteiger partial charge >= 0.3 is 11.9 Å². The summed E-state index contributed by atoms with van der Waals surface area (Å²) in [5, 5.41) is 18.1. The van der Waals surface area contributed by atoms with Crippen LogP contribution in [-0.2, 0) is 16.1 Å². The standard InChI is InChI=1S/C27H25ClN4O.C4H4O4/c1-30-13-15-31(16-14-30)27-25-26(21-12-11-20(28)17-22(21)29-25)33-24-10-6-5-9-23(24)32(27)18-19-7-3-2-4-8-19;5-3(6)1-2-4(7)8/h2-12,17H,13-16,18H2,1H3;1-2H,(H,5,6)(H,7,8)/b;2-1+. The van der Waals surface area contributed by atoms with E-state index in [1.807, 2.05) is 30.3 Å². The third kappa shape index (κ3) is 6.42. The van der Waals surface area contributed by atoms with E-state index in [9.17, 15) is 9.59 Å². The van der Waals surface area contributed by atoms with E-state index in [-0.39, 0.29) is 0 Å². The van der Waals surface area contributed by atoms with E-state index in [1.54, 1.807) is 0 Å². The number of likely N-dealkylation sites (N-methyl/N-ethyl adjacent to an activating group) is 1. The third-order valence-electron chi connectivity index (χ3n) is 6.84. The summed E-state index contributed by atoms with van der Waals surface area (Å²) >= 11 is 6.32. The smallest absolute Gasteiger partial charge is 0.328 e. The van der Waals surface area contributed by atoms with Gasteiger partial charge in [-0.3, -0.25) is 0 Å². The number of rotatable bonds is 5. The van der Waals surface area contributed by atoms with Crippen LogP contribution in [0.4, 0.5) is 5.69 Å². The van der Waals surface area contributed by atoms with Crippen LogP contribution in [-0.4, -0.2) is 65.2 Å². The number of hydrogen-bond acceptors (Lipinski definition) is 7. The summed E-state index contributed by atoms with van der Waals surface area (Å²) in [6.45, 7) is 4.61. The Bertz CT molecular complexity index is 1630. The van der Waals surface area contributed by atoms with Crippen LogP contribution in [0.25, 0.3) is 5.76 Å². The van der Waals surface area contributed by atoms with Gasteiger partial charge in [-0.1, -0.05) is 54.1 Å². The molecule has 3 aromatic carbocycles. The number of piperazine rings is 1. The highest BCUT2D eigenvalue weighted by Crippen LogP contribution is 2.41. The highest BCUT2D eigenvalue weighted by molar-refractivity contribution is 6.30. The molecule has 6 rings (SSSR count). The molecule has 2 N–H and O–H groups in total.